The number of hydrogen-bond acceptors (Lipinski definition) is 3. The second-order valence-corrected chi connectivity index (χ2v) is 6.47. The van der Waals surface area contributed by atoms with Crippen molar-refractivity contribution in [1.29, 1.82) is 0 Å². The van der Waals surface area contributed by atoms with Gasteiger partial charge in [0, 0.05) is 12.1 Å². The van der Waals surface area contributed by atoms with Crippen LogP contribution in [0.4, 0.5) is 4.39 Å². The minimum atomic E-state index is -1.08. The van der Waals surface area contributed by atoms with Gasteiger partial charge in [0.25, 0.3) is 5.91 Å². The summed E-state index contributed by atoms with van der Waals surface area (Å²) >= 11 is 0. The Labute approximate surface area is 151 Å². The highest BCUT2D eigenvalue weighted by atomic mass is 19.1. The Hall–Kier alpha value is -2.89. The Morgan fingerprint density at radius 2 is 2.00 bits per heavy atom. The van der Waals surface area contributed by atoms with Crippen molar-refractivity contribution in [3.63, 3.8) is 0 Å². The van der Waals surface area contributed by atoms with Crippen LogP contribution in [-0.4, -0.2) is 35.0 Å². The highest BCUT2D eigenvalue weighted by Gasteiger charge is 2.36. The standard InChI is InChI=1S/C20H20FNO4/c1-13-8-9-22(19(13)14-4-2-6-16(21)10-14)20(25)15-5-3-7-17(11-15)26-12-18(23)24/h2-7,10-11,13,19H,8-9,12H2,1H3,(H,23,24). The van der Waals surface area contributed by atoms with E-state index in [9.17, 15) is 14.0 Å². The normalized spacial score (nSPS) is 19.4. The second kappa shape index (κ2) is 7.56. The van der Waals surface area contributed by atoms with Crippen LogP contribution in [0.2, 0.25) is 0 Å². The molecule has 2 atom stereocenters. The van der Waals surface area contributed by atoms with Gasteiger partial charge in [0.15, 0.2) is 6.61 Å². The summed E-state index contributed by atoms with van der Waals surface area (Å²) in [6, 6.07) is 12.6. The van der Waals surface area contributed by atoms with E-state index in [0.717, 1.165) is 12.0 Å². The molecule has 0 radical (unpaired) electrons. The number of carbonyl (C=O) groups excluding carboxylic acids is 1. The Kier molecular flexibility index (Phi) is 5.21. The van der Waals surface area contributed by atoms with Gasteiger partial charge in [-0.3, -0.25) is 4.79 Å². The van der Waals surface area contributed by atoms with E-state index in [1.165, 1.54) is 18.2 Å². The molecule has 2 aromatic rings. The number of carboxylic acid groups (broad SMARTS) is 1. The Morgan fingerprint density at radius 1 is 1.23 bits per heavy atom. The third-order valence-electron chi connectivity index (χ3n) is 4.59. The predicted octanol–water partition coefficient (Wildman–Crippen LogP) is 3.51. The Morgan fingerprint density at radius 3 is 2.73 bits per heavy atom. The van der Waals surface area contributed by atoms with Gasteiger partial charge in [-0.05, 0) is 48.2 Å². The zero-order valence-corrected chi connectivity index (χ0v) is 14.4. The van der Waals surface area contributed by atoms with Gasteiger partial charge < -0.3 is 14.7 Å². The minimum absolute atomic E-state index is 0.176. The van der Waals surface area contributed by atoms with Crippen molar-refractivity contribution in [2.24, 2.45) is 5.92 Å². The molecule has 1 amide bonds. The molecule has 6 heteroatoms. The molecule has 1 aliphatic heterocycles. The SMILES string of the molecule is CC1CCN(C(=O)c2cccc(OCC(=O)O)c2)C1c1cccc(F)c1. The summed E-state index contributed by atoms with van der Waals surface area (Å²) in [5, 5.41) is 8.71. The first-order chi connectivity index (χ1) is 12.5. The minimum Gasteiger partial charge on any atom is -0.482 e. The number of carbonyl (C=O) groups is 2. The number of hydrogen-bond donors (Lipinski definition) is 1. The smallest absolute Gasteiger partial charge is 0.341 e. The summed E-state index contributed by atoms with van der Waals surface area (Å²) in [5.41, 5.74) is 1.20. The van der Waals surface area contributed by atoms with E-state index in [0.29, 0.717) is 17.9 Å². The summed E-state index contributed by atoms with van der Waals surface area (Å²) in [6.45, 7) is 2.17. The molecule has 1 fully saturated rings. The van der Waals surface area contributed by atoms with Gasteiger partial charge in [-0.2, -0.15) is 0 Å². The molecule has 1 aliphatic rings. The number of ether oxygens (including phenoxy) is 1. The van der Waals surface area contributed by atoms with Crippen molar-refractivity contribution in [2.75, 3.05) is 13.2 Å². The molecule has 5 nitrogen and oxygen atoms in total. The average Bonchev–Trinajstić information content (AvgIpc) is 3.01. The van der Waals surface area contributed by atoms with Crippen molar-refractivity contribution in [3.8, 4) is 5.75 Å². The summed E-state index contributed by atoms with van der Waals surface area (Å²) in [7, 11) is 0. The Balaban J connectivity index is 1.84. The molecule has 136 valence electrons. The van der Waals surface area contributed by atoms with Crippen LogP contribution in [0, 0.1) is 11.7 Å². The molecule has 2 aromatic carbocycles. The lowest BCUT2D eigenvalue weighted by molar-refractivity contribution is -0.139. The largest absolute Gasteiger partial charge is 0.482 e. The van der Waals surface area contributed by atoms with E-state index in [-0.39, 0.29) is 23.7 Å². The van der Waals surface area contributed by atoms with Crippen LogP contribution >= 0.6 is 0 Å². The zero-order valence-electron chi connectivity index (χ0n) is 14.4. The fraction of sp³-hybridized carbons (Fsp3) is 0.300. The van der Waals surface area contributed by atoms with Crippen LogP contribution in [0.1, 0.15) is 35.3 Å². The van der Waals surface area contributed by atoms with Gasteiger partial charge >= 0.3 is 5.97 Å². The van der Waals surface area contributed by atoms with Crippen molar-refractivity contribution < 1.29 is 23.8 Å². The van der Waals surface area contributed by atoms with E-state index in [1.54, 1.807) is 29.2 Å². The number of likely N-dealkylation sites (tertiary alicyclic amines) is 1. The Bertz CT molecular complexity index is 823. The third kappa shape index (κ3) is 3.85. The number of aliphatic carboxylic acids is 1. The summed E-state index contributed by atoms with van der Waals surface area (Å²) < 4.78 is 18.8. The first kappa shape index (κ1) is 17.9. The average molecular weight is 357 g/mol. The number of rotatable bonds is 5. The highest BCUT2D eigenvalue weighted by molar-refractivity contribution is 5.95. The van der Waals surface area contributed by atoms with Crippen LogP contribution in [0.3, 0.4) is 0 Å². The maximum atomic E-state index is 13.6. The van der Waals surface area contributed by atoms with Crippen LogP contribution in [0.5, 0.6) is 5.75 Å². The van der Waals surface area contributed by atoms with E-state index in [1.807, 2.05) is 6.07 Å². The first-order valence-electron chi connectivity index (χ1n) is 8.47. The number of nitrogens with zero attached hydrogens (tertiary/aromatic N) is 1. The lowest BCUT2D eigenvalue weighted by atomic mass is 9.95. The highest BCUT2D eigenvalue weighted by Crippen LogP contribution is 2.38. The molecule has 1 N–H and O–H groups in total. The molecule has 2 unspecified atom stereocenters. The molecule has 0 aromatic heterocycles. The molecule has 0 aliphatic carbocycles. The van der Waals surface area contributed by atoms with Gasteiger partial charge in [0.05, 0.1) is 6.04 Å². The molecule has 0 bridgehead atoms. The van der Waals surface area contributed by atoms with Crippen LogP contribution in [0.25, 0.3) is 0 Å². The van der Waals surface area contributed by atoms with E-state index in [4.69, 9.17) is 9.84 Å². The number of halogens is 1. The van der Waals surface area contributed by atoms with Gasteiger partial charge in [0.2, 0.25) is 0 Å². The van der Waals surface area contributed by atoms with E-state index < -0.39 is 12.6 Å². The first-order valence-corrected chi connectivity index (χ1v) is 8.47. The molecule has 0 spiro atoms. The van der Waals surface area contributed by atoms with Crippen LogP contribution < -0.4 is 4.74 Å². The molecule has 1 heterocycles. The zero-order chi connectivity index (χ0) is 18.7. The maximum Gasteiger partial charge on any atom is 0.341 e. The lowest BCUT2D eigenvalue weighted by Gasteiger charge is -2.27. The second-order valence-electron chi connectivity index (χ2n) is 6.47. The topological polar surface area (TPSA) is 66.8 Å². The summed E-state index contributed by atoms with van der Waals surface area (Å²) in [6.07, 6.45) is 0.835. The van der Waals surface area contributed by atoms with Gasteiger partial charge in [-0.15, -0.1) is 0 Å². The van der Waals surface area contributed by atoms with Crippen LogP contribution in [-0.2, 0) is 4.79 Å². The molecular weight excluding hydrogens is 337 g/mol. The van der Waals surface area contributed by atoms with Crippen molar-refractivity contribution in [3.05, 3.63) is 65.5 Å². The van der Waals surface area contributed by atoms with E-state index >= 15 is 0 Å². The summed E-state index contributed by atoms with van der Waals surface area (Å²) in [5.74, 6) is -1.04. The molecule has 1 saturated heterocycles. The molecule has 0 saturated carbocycles. The quantitative estimate of drug-likeness (QED) is 0.889. The van der Waals surface area contributed by atoms with Crippen molar-refractivity contribution in [1.82, 2.24) is 4.90 Å². The summed E-state index contributed by atoms with van der Waals surface area (Å²) in [4.78, 5) is 25.4. The fourth-order valence-corrected chi connectivity index (χ4v) is 3.40. The van der Waals surface area contributed by atoms with Crippen molar-refractivity contribution in [2.45, 2.75) is 19.4 Å². The fourth-order valence-electron chi connectivity index (χ4n) is 3.40. The van der Waals surface area contributed by atoms with Gasteiger partial charge in [0.1, 0.15) is 11.6 Å². The molecule has 26 heavy (non-hydrogen) atoms. The number of benzene rings is 2. The molecular formula is C20H20FNO4. The van der Waals surface area contributed by atoms with Crippen LogP contribution in [0.15, 0.2) is 48.5 Å². The lowest BCUT2D eigenvalue weighted by Crippen LogP contribution is -2.31. The predicted molar refractivity (Wildman–Crippen MR) is 93.5 cm³/mol. The monoisotopic (exact) mass is 357 g/mol. The number of amides is 1. The van der Waals surface area contributed by atoms with Gasteiger partial charge in [-0.25, -0.2) is 9.18 Å². The van der Waals surface area contributed by atoms with Gasteiger partial charge in [-0.1, -0.05) is 25.1 Å². The third-order valence-corrected chi connectivity index (χ3v) is 4.59. The number of carboxylic acids is 1. The molecule has 3 rings (SSSR count). The maximum absolute atomic E-state index is 13.6. The van der Waals surface area contributed by atoms with Crippen molar-refractivity contribution >= 4 is 11.9 Å². The van der Waals surface area contributed by atoms with E-state index in [2.05, 4.69) is 6.92 Å².